The number of allylic oxidation sites excluding steroid dienone is 22. The highest BCUT2D eigenvalue weighted by atomic mass is 16.6. The summed E-state index contributed by atoms with van der Waals surface area (Å²) in [6.45, 7) is 5.96. The predicted molar refractivity (Wildman–Crippen MR) is 232 cm³/mol. The third kappa shape index (κ3) is 40.3. The number of hydrogen-bond acceptors (Lipinski definition) is 6. The van der Waals surface area contributed by atoms with E-state index in [0.29, 0.717) is 12.8 Å². The lowest BCUT2D eigenvalue weighted by atomic mass is 10.2. The molecule has 0 saturated heterocycles. The van der Waals surface area contributed by atoms with Crippen molar-refractivity contribution in [3.8, 4) is 0 Å². The van der Waals surface area contributed by atoms with Gasteiger partial charge in [0.25, 0.3) is 0 Å². The zero-order chi connectivity index (χ0) is 40.1. The minimum absolute atomic E-state index is 0.0646. The summed E-state index contributed by atoms with van der Waals surface area (Å²) in [6.07, 6.45) is 60.6. The van der Waals surface area contributed by atoms with E-state index in [1.165, 1.54) is 0 Å². The van der Waals surface area contributed by atoms with E-state index in [4.69, 9.17) is 14.2 Å². The average molecular weight is 755 g/mol. The van der Waals surface area contributed by atoms with Gasteiger partial charge in [0.2, 0.25) is 0 Å². The molecule has 0 radical (unpaired) electrons. The fraction of sp³-hybridized carbons (Fsp3) is 0.449. The third-order valence-electron chi connectivity index (χ3n) is 7.40. The van der Waals surface area contributed by atoms with Gasteiger partial charge in [0.1, 0.15) is 13.2 Å². The van der Waals surface area contributed by atoms with E-state index >= 15 is 0 Å². The SMILES string of the molecule is CC/C=C\C/C=C\C/C=C\C/C=C\C/C=C\C/C=C\CCC(=O)OCC(COC(=O)C/C=C\C/C=C\C/C=C\CC)OC(=O)C/C=C\C/C=C\C/C=C\CC. The highest BCUT2D eigenvalue weighted by Gasteiger charge is 2.18. The summed E-state index contributed by atoms with van der Waals surface area (Å²) in [6, 6.07) is 0. The Kier molecular flexibility index (Phi) is 38.4. The molecule has 6 heteroatoms. The van der Waals surface area contributed by atoms with Gasteiger partial charge in [-0.05, 0) is 83.5 Å². The molecule has 0 bridgehead atoms. The predicted octanol–water partition coefficient (Wildman–Crippen LogP) is 13.0. The molecule has 0 aromatic rings. The molecule has 0 aliphatic heterocycles. The average Bonchev–Trinajstić information content (AvgIpc) is 3.18. The Hall–Kier alpha value is -4.71. The molecule has 1 atom stereocenters. The molecule has 0 rings (SSSR count). The molecule has 0 aromatic carbocycles. The molecule has 302 valence electrons. The molecule has 0 spiro atoms. The summed E-state index contributed by atoms with van der Waals surface area (Å²) < 4.78 is 16.3. The van der Waals surface area contributed by atoms with Crippen molar-refractivity contribution in [2.75, 3.05) is 13.2 Å². The van der Waals surface area contributed by atoms with Crippen LogP contribution in [0.25, 0.3) is 0 Å². The fourth-order valence-corrected chi connectivity index (χ4v) is 4.47. The van der Waals surface area contributed by atoms with Crippen molar-refractivity contribution in [1.29, 1.82) is 0 Å². The molecule has 55 heavy (non-hydrogen) atoms. The van der Waals surface area contributed by atoms with Gasteiger partial charge < -0.3 is 14.2 Å². The van der Waals surface area contributed by atoms with Gasteiger partial charge >= 0.3 is 17.9 Å². The van der Waals surface area contributed by atoms with E-state index in [1.807, 2.05) is 36.5 Å². The summed E-state index contributed by atoms with van der Waals surface area (Å²) >= 11 is 0. The second kappa shape index (κ2) is 42.0. The highest BCUT2D eigenvalue weighted by Crippen LogP contribution is 2.05. The first kappa shape index (κ1) is 50.3. The molecule has 0 fully saturated rings. The molecule has 0 amide bonds. The van der Waals surface area contributed by atoms with E-state index in [1.54, 1.807) is 12.2 Å². The van der Waals surface area contributed by atoms with Crippen LogP contribution in [-0.2, 0) is 28.6 Å². The Morgan fingerprint density at radius 1 is 0.364 bits per heavy atom. The van der Waals surface area contributed by atoms with Crippen molar-refractivity contribution in [2.45, 2.75) is 130 Å². The molecular weight excluding hydrogens is 685 g/mol. The van der Waals surface area contributed by atoms with Gasteiger partial charge in [-0.15, -0.1) is 0 Å². The number of rotatable bonds is 33. The molecule has 0 heterocycles. The minimum atomic E-state index is -0.895. The quantitative estimate of drug-likeness (QED) is 0.0377. The van der Waals surface area contributed by atoms with E-state index in [9.17, 15) is 14.4 Å². The van der Waals surface area contributed by atoms with Crippen molar-refractivity contribution in [1.82, 2.24) is 0 Å². The molecule has 1 unspecified atom stereocenters. The van der Waals surface area contributed by atoms with Gasteiger partial charge in [-0.3, -0.25) is 14.4 Å². The van der Waals surface area contributed by atoms with Crippen LogP contribution in [0.4, 0.5) is 0 Å². The van der Waals surface area contributed by atoms with Crippen molar-refractivity contribution in [3.05, 3.63) is 146 Å². The first-order valence-electron chi connectivity index (χ1n) is 20.3. The summed E-state index contributed by atoms with van der Waals surface area (Å²) in [7, 11) is 0. The Balaban J connectivity index is 4.62. The van der Waals surface area contributed by atoms with E-state index in [0.717, 1.165) is 70.6 Å². The minimum Gasteiger partial charge on any atom is -0.462 e. The lowest BCUT2D eigenvalue weighted by molar-refractivity contribution is -0.165. The molecule has 0 saturated carbocycles. The summed E-state index contributed by atoms with van der Waals surface area (Å²) in [5, 5.41) is 0. The molecular formula is C49H70O6. The number of ether oxygens (including phenoxy) is 3. The number of hydrogen-bond donors (Lipinski definition) is 0. The van der Waals surface area contributed by atoms with Crippen LogP contribution in [0, 0.1) is 0 Å². The monoisotopic (exact) mass is 755 g/mol. The Labute approximate surface area is 334 Å². The lowest BCUT2D eigenvalue weighted by Gasteiger charge is -2.17. The van der Waals surface area contributed by atoms with Gasteiger partial charge in [-0.1, -0.05) is 167 Å². The second-order valence-electron chi connectivity index (χ2n) is 12.4. The van der Waals surface area contributed by atoms with E-state index in [2.05, 4.69) is 118 Å². The van der Waals surface area contributed by atoms with Crippen LogP contribution in [-0.4, -0.2) is 37.2 Å². The normalized spacial score (nSPS) is 13.6. The third-order valence-corrected chi connectivity index (χ3v) is 7.40. The van der Waals surface area contributed by atoms with Gasteiger partial charge in [0.05, 0.1) is 12.8 Å². The molecule has 6 nitrogen and oxygen atoms in total. The number of carbonyl (C=O) groups excluding carboxylic acids is 3. The number of carbonyl (C=O) groups is 3. The topological polar surface area (TPSA) is 78.9 Å². The fourth-order valence-electron chi connectivity index (χ4n) is 4.47. The van der Waals surface area contributed by atoms with Crippen LogP contribution >= 0.6 is 0 Å². The summed E-state index contributed by atoms with van der Waals surface area (Å²) in [4.78, 5) is 37.3. The Bertz CT molecular complexity index is 1330. The maximum Gasteiger partial charge on any atom is 0.310 e. The first-order chi connectivity index (χ1) is 27.0. The van der Waals surface area contributed by atoms with Crippen molar-refractivity contribution in [3.63, 3.8) is 0 Å². The maximum absolute atomic E-state index is 12.5. The standard InChI is InChI=1S/C49H70O6/c1-4-7-10-13-16-19-20-21-22-23-24-25-26-27-28-31-33-36-39-42-48(51)54-45-46(55-49(52)43-40-37-34-30-18-15-12-9-6-3)44-53-47(50)41-38-35-32-29-17-14-11-8-5-2/h7-12,16-19,21-22,24-25,27-30,33,35-38,40,46H,4-6,13-15,20,23,26,31-32,34,39,41-45H2,1-3H3/b10-7-,11-8-,12-9-,19-16-,22-21-,25-24-,28-27-,29-17-,30-18-,36-33-,38-35-,40-37-. The molecule has 0 aliphatic carbocycles. The van der Waals surface area contributed by atoms with Crippen molar-refractivity contribution >= 4 is 17.9 Å². The highest BCUT2D eigenvalue weighted by molar-refractivity contribution is 5.72. The van der Waals surface area contributed by atoms with Gasteiger partial charge in [0, 0.05) is 6.42 Å². The van der Waals surface area contributed by atoms with Crippen LogP contribution in [0.5, 0.6) is 0 Å². The first-order valence-corrected chi connectivity index (χ1v) is 20.3. The lowest BCUT2D eigenvalue weighted by Crippen LogP contribution is -2.30. The zero-order valence-corrected chi connectivity index (χ0v) is 34.1. The van der Waals surface area contributed by atoms with E-state index < -0.39 is 24.0 Å². The van der Waals surface area contributed by atoms with Crippen LogP contribution in [0.2, 0.25) is 0 Å². The van der Waals surface area contributed by atoms with Crippen molar-refractivity contribution < 1.29 is 28.6 Å². The largest absolute Gasteiger partial charge is 0.462 e. The van der Waals surface area contributed by atoms with Gasteiger partial charge in [-0.25, -0.2) is 0 Å². The van der Waals surface area contributed by atoms with Crippen molar-refractivity contribution in [2.24, 2.45) is 0 Å². The Morgan fingerprint density at radius 3 is 1.02 bits per heavy atom. The summed E-state index contributed by atoms with van der Waals surface area (Å²) in [5.74, 6) is -1.34. The molecule has 0 aromatic heterocycles. The molecule has 0 aliphatic rings. The summed E-state index contributed by atoms with van der Waals surface area (Å²) in [5.41, 5.74) is 0. The maximum atomic E-state index is 12.5. The van der Waals surface area contributed by atoms with Crippen LogP contribution < -0.4 is 0 Å². The van der Waals surface area contributed by atoms with Gasteiger partial charge in [0.15, 0.2) is 6.10 Å². The van der Waals surface area contributed by atoms with Crippen LogP contribution in [0.1, 0.15) is 124 Å². The smallest absolute Gasteiger partial charge is 0.310 e. The Morgan fingerprint density at radius 2 is 0.655 bits per heavy atom. The molecule has 0 N–H and O–H groups in total. The zero-order valence-electron chi connectivity index (χ0n) is 34.1. The van der Waals surface area contributed by atoms with Crippen LogP contribution in [0.15, 0.2) is 146 Å². The van der Waals surface area contributed by atoms with Gasteiger partial charge in [-0.2, -0.15) is 0 Å². The van der Waals surface area contributed by atoms with Crippen LogP contribution in [0.3, 0.4) is 0 Å². The van der Waals surface area contributed by atoms with E-state index in [-0.39, 0.29) is 32.5 Å². The number of esters is 3. The second-order valence-corrected chi connectivity index (χ2v) is 12.4.